The van der Waals surface area contributed by atoms with Crippen LogP contribution in [0, 0.1) is 0 Å². The number of rotatable bonds is 14. The van der Waals surface area contributed by atoms with Crippen LogP contribution in [0.15, 0.2) is 24.3 Å². The van der Waals surface area contributed by atoms with Crippen LogP contribution >= 0.6 is 0 Å². The Labute approximate surface area is 221 Å². The van der Waals surface area contributed by atoms with Crippen molar-refractivity contribution in [3.8, 4) is 0 Å². The molecule has 0 radical (unpaired) electrons. The molecule has 16 heteroatoms. The van der Waals surface area contributed by atoms with E-state index >= 15 is 0 Å². The van der Waals surface area contributed by atoms with Gasteiger partial charge in [0.15, 0.2) is 0 Å². The second-order valence-electron chi connectivity index (χ2n) is 10.3. The first-order chi connectivity index (χ1) is 16.7. The van der Waals surface area contributed by atoms with Crippen molar-refractivity contribution in [1.82, 2.24) is 17.8 Å². The molecule has 1 aliphatic rings. The third kappa shape index (κ3) is 8.93. The van der Waals surface area contributed by atoms with Crippen LogP contribution in [0.2, 0.25) is 19.6 Å². The van der Waals surface area contributed by atoms with E-state index in [2.05, 4.69) is 0 Å². The molecule has 0 unspecified atom stereocenters. The number of hydrogen-bond donors (Lipinski definition) is 0. The maximum atomic E-state index is 12.6. The van der Waals surface area contributed by atoms with Crippen molar-refractivity contribution in [3.05, 3.63) is 35.4 Å². The number of hydrogen-bond acceptors (Lipinski definition) is 8. The first kappa shape index (κ1) is 31.5. The number of carbonyl (C=O) groups is 2. The molecular weight excluding hydrogens is 561 g/mol. The first-order valence-electron chi connectivity index (χ1n) is 11.5. The number of fused-ring (bicyclic) bond motifs is 1. The van der Waals surface area contributed by atoms with Gasteiger partial charge in [-0.3, -0.25) is 14.5 Å². The molecule has 210 valence electrons. The summed E-state index contributed by atoms with van der Waals surface area (Å²) in [4.78, 5) is 26.2. The highest BCUT2D eigenvalue weighted by atomic mass is 32.2. The zero-order chi connectivity index (χ0) is 28.4. The highest BCUT2D eigenvalue weighted by Crippen LogP contribution is 2.22. The lowest BCUT2D eigenvalue weighted by atomic mass is 10.1. The molecule has 1 aliphatic heterocycles. The Bertz CT molecular complexity index is 1310. The molecule has 0 aromatic heterocycles. The van der Waals surface area contributed by atoms with Gasteiger partial charge in [0.05, 0.1) is 38.0 Å². The SMILES string of the molecule is C[Si](C)(C)CN(CCN(CCN(CCN1C(=O)c2ccccc2C1=O)S(C)(=O)=O)S(C)(=O)=O)S(C)(=O)=O. The number of carbonyl (C=O) groups excluding carboxylic acids is 2. The molecule has 0 spiro atoms. The van der Waals surface area contributed by atoms with Crippen molar-refractivity contribution < 1.29 is 34.8 Å². The predicted octanol–water partition coefficient (Wildman–Crippen LogP) is -0.0552. The van der Waals surface area contributed by atoms with E-state index in [0.717, 1.165) is 32.3 Å². The van der Waals surface area contributed by atoms with E-state index in [1.165, 1.54) is 16.4 Å². The Morgan fingerprint density at radius 2 is 1.00 bits per heavy atom. The summed E-state index contributed by atoms with van der Waals surface area (Å²) in [5.74, 6) is -1.04. The maximum absolute atomic E-state index is 12.6. The summed E-state index contributed by atoms with van der Waals surface area (Å²) in [7, 11) is -13.0. The van der Waals surface area contributed by atoms with Crippen LogP contribution in [-0.2, 0) is 30.1 Å². The van der Waals surface area contributed by atoms with Crippen molar-refractivity contribution in [2.45, 2.75) is 19.6 Å². The van der Waals surface area contributed by atoms with Crippen LogP contribution < -0.4 is 0 Å². The van der Waals surface area contributed by atoms with E-state index < -0.39 is 50.0 Å². The zero-order valence-electron chi connectivity index (χ0n) is 22.0. The largest absolute Gasteiger partial charge is 0.273 e. The molecule has 0 N–H and O–H groups in total. The van der Waals surface area contributed by atoms with Gasteiger partial charge >= 0.3 is 0 Å². The molecule has 0 aliphatic carbocycles. The first-order valence-corrected chi connectivity index (χ1v) is 20.8. The van der Waals surface area contributed by atoms with Gasteiger partial charge < -0.3 is 0 Å². The molecule has 0 saturated heterocycles. The molecule has 1 aromatic carbocycles. The monoisotopic (exact) mass is 596 g/mol. The summed E-state index contributed by atoms with van der Waals surface area (Å²) in [5.41, 5.74) is 0.491. The Balaban J connectivity index is 2.12. The Morgan fingerprint density at radius 3 is 1.35 bits per heavy atom. The standard InChI is InChI=1S/C21H36N4O8S3Si/c1-34(28,29)22(13-14-24(36(3,32)33)17-37(4,5)6)11-12-23(35(2,30)31)15-16-25-20(26)18-9-7-8-10-19(18)21(25)27/h7-10H,11-17H2,1-6H3. The smallest absolute Gasteiger partial charge is 0.261 e. The molecule has 12 nitrogen and oxygen atoms in total. The fourth-order valence-electron chi connectivity index (χ4n) is 3.88. The van der Waals surface area contributed by atoms with E-state index in [1.807, 2.05) is 19.6 Å². The van der Waals surface area contributed by atoms with Crippen LogP contribution in [0.25, 0.3) is 0 Å². The molecule has 0 saturated carbocycles. The Hall–Kier alpha value is -1.69. The maximum Gasteiger partial charge on any atom is 0.261 e. The number of imide groups is 1. The number of benzene rings is 1. The molecular formula is C21H36N4O8S3Si. The van der Waals surface area contributed by atoms with E-state index in [9.17, 15) is 34.8 Å². The topological polar surface area (TPSA) is 150 Å². The van der Waals surface area contributed by atoms with Crippen LogP contribution in [0.1, 0.15) is 20.7 Å². The highest BCUT2D eigenvalue weighted by molar-refractivity contribution is 7.89. The van der Waals surface area contributed by atoms with E-state index in [1.54, 1.807) is 12.1 Å². The average Bonchev–Trinajstić information content (AvgIpc) is 2.96. The van der Waals surface area contributed by atoms with Crippen LogP contribution in [0.3, 0.4) is 0 Å². The van der Waals surface area contributed by atoms with E-state index in [0.29, 0.717) is 6.17 Å². The molecule has 0 atom stereocenters. The average molecular weight is 597 g/mol. The lowest BCUT2D eigenvalue weighted by molar-refractivity contribution is 0.0647. The fourth-order valence-corrected chi connectivity index (χ4v) is 9.26. The van der Waals surface area contributed by atoms with E-state index in [4.69, 9.17) is 0 Å². The number of sulfonamides is 3. The third-order valence-electron chi connectivity index (χ3n) is 5.71. The van der Waals surface area contributed by atoms with Crippen LogP contribution in [0.4, 0.5) is 0 Å². The minimum Gasteiger partial charge on any atom is -0.273 e. The zero-order valence-corrected chi connectivity index (χ0v) is 25.5. The molecule has 0 fully saturated rings. The lowest BCUT2D eigenvalue weighted by Crippen LogP contribution is -2.48. The second-order valence-corrected chi connectivity index (χ2v) is 21.7. The summed E-state index contributed by atoms with van der Waals surface area (Å²) in [6, 6.07) is 6.31. The normalized spacial score (nSPS) is 15.3. The van der Waals surface area contributed by atoms with Gasteiger partial charge in [-0.05, 0) is 12.1 Å². The minimum atomic E-state index is -3.82. The highest BCUT2D eigenvalue weighted by Gasteiger charge is 2.36. The fraction of sp³-hybridized carbons (Fsp3) is 0.619. The van der Waals surface area contributed by atoms with Gasteiger partial charge in [-0.25, -0.2) is 29.6 Å². The van der Waals surface area contributed by atoms with Crippen molar-refractivity contribution >= 4 is 50.0 Å². The summed E-state index contributed by atoms with van der Waals surface area (Å²) < 4.78 is 77.5. The Kier molecular flexibility index (Phi) is 9.87. The summed E-state index contributed by atoms with van der Waals surface area (Å²) in [6.07, 6.45) is 3.32. The third-order valence-corrected chi connectivity index (χ3v) is 11.1. The quantitative estimate of drug-likeness (QED) is 0.214. The Morgan fingerprint density at radius 1 is 0.649 bits per heavy atom. The lowest BCUT2D eigenvalue weighted by Gasteiger charge is -2.30. The minimum absolute atomic E-state index is 0.0654. The van der Waals surface area contributed by atoms with Crippen molar-refractivity contribution in [2.24, 2.45) is 0 Å². The van der Waals surface area contributed by atoms with Gasteiger partial charge in [0.25, 0.3) is 11.8 Å². The van der Waals surface area contributed by atoms with Crippen LogP contribution in [0.5, 0.6) is 0 Å². The molecule has 0 bridgehead atoms. The van der Waals surface area contributed by atoms with Crippen molar-refractivity contribution in [1.29, 1.82) is 0 Å². The van der Waals surface area contributed by atoms with Gasteiger partial charge in [-0.15, -0.1) is 0 Å². The summed E-state index contributed by atoms with van der Waals surface area (Å²) in [5, 5.41) is 0. The molecule has 1 heterocycles. The molecule has 2 amide bonds. The second kappa shape index (κ2) is 11.6. The number of amides is 2. The van der Waals surface area contributed by atoms with Crippen molar-refractivity contribution in [2.75, 3.05) is 64.2 Å². The van der Waals surface area contributed by atoms with Crippen molar-refractivity contribution in [3.63, 3.8) is 0 Å². The summed E-state index contributed by atoms with van der Waals surface area (Å²) >= 11 is 0. The molecule has 1 aromatic rings. The van der Waals surface area contributed by atoms with Gasteiger partial charge in [-0.1, -0.05) is 31.8 Å². The van der Waals surface area contributed by atoms with Gasteiger partial charge in [-0.2, -0.15) is 8.61 Å². The van der Waals surface area contributed by atoms with Gasteiger partial charge in [0, 0.05) is 45.4 Å². The summed E-state index contributed by atoms with van der Waals surface area (Å²) in [6.45, 7) is 4.91. The molecule has 37 heavy (non-hydrogen) atoms. The van der Waals surface area contributed by atoms with Gasteiger partial charge in [0.1, 0.15) is 0 Å². The predicted molar refractivity (Wildman–Crippen MR) is 144 cm³/mol. The molecule has 2 rings (SSSR count). The van der Waals surface area contributed by atoms with Gasteiger partial charge in [0.2, 0.25) is 30.1 Å². The number of nitrogens with zero attached hydrogens (tertiary/aromatic N) is 4. The van der Waals surface area contributed by atoms with E-state index in [-0.39, 0.29) is 50.4 Å². The van der Waals surface area contributed by atoms with Crippen LogP contribution in [-0.4, -0.2) is 127 Å².